The predicted molar refractivity (Wildman–Crippen MR) is 82.5 cm³/mol. The maximum Gasteiger partial charge on any atom is 0.177 e. The van der Waals surface area contributed by atoms with E-state index < -0.39 is 0 Å². The maximum atomic E-state index is 8.73. The summed E-state index contributed by atoms with van der Waals surface area (Å²) in [4.78, 5) is 0. The third-order valence-electron chi connectivity index (χ3n) is 3.95. The van der Waals surface area contributed by atoms with Gasteiger partial charge in [-0.05, 0) is 32.1 Å². The molecule has 0 saturated carbocycles. The molecule has 0 unspecified atom stereocenters. The van der Waals surface area contributed by atoms with Crippen molar-refractivity contribution in [2.24, 2.45) is 11.8 Å². The zero-order valence-corrected chi connectivity index (χ0v) is 12.4. The fourth-order valence-electron chi connectivity index (χ4n) is 2.57. The van der Waals surface area contributed by atoms with E-state index in [0.717, 1.165) is 6.42 Å². The smallest absolute Gasteiger partial charge is 0.177 e. The maximum absolute atomic E-state index is 8.73. The quantitative estimate of drug-likeness (QED) is 0.471. The fourth-order valence-corrected chi connectivity index (χ4v) is 2.57. The van der Waals surface area contributed by atoms with E-state index in [1.807, 2.05) is 50.5 Å². The van der Waals surface area contributed by atoms with E-state index in [2.05, 4.69) is 34.9 Å². The SMILES string of the molecule is CC1(NC#N)C=CC(CC2C=CC(C)(NC#N)C=C2)C=C1. The number of nitrogens with zero attached hydrogens (tertiary/aromatic N) is 2. The van der Waals surface area contributed by atoms with Crippen LogP contribution in [0.1, 0.15) is 20.3 Å². The zero-order valence-electron chi connectivity index (χ0n) is 12.4. The summed E-state index contributed by atoms with van der Waals surface area (Å²) in [6.45, 7) is 3.94. The van der Waals surface area contributed by atoms with Crippen molar-refractivity contribution in [3.8, 4) is 12.4 Å². The van der Waals surface area contributed by atoms with Gasteiger partial charge in [0, 0.05) is 0 Å². The lowest BCUT2D eigenvalue weighted by Gasteiger charge is -2.28. The molecule has 0 aromatic rings. The lowest BCUT2D eigenvalue weighted by atomic mass is 9.83. The summed E-state index contributed by atoms with van der Waals surface area (Å²) >= 11 is 0. The molecule has 0 spiro atoms. The Kier molecular flexibility index (Phi) is 4.19. The van der Waals surface area contributed by atoms with Gasteiger partial charge in [0.05, 0.1) is 11.1 Å². The van der Waals surface area contributed by atoms with E-state index >= 15 is 0 Å². The number of nitrogens with one attached hydrogen (secondary N) is 2. The number of hydrogen-bond acceptors (Lipinski definition) is 4. The molecule has 0 aromatic heterocycles. The van der Waals surface area contributed by atoms with Gasteiger partial charge >= 0.3 is 0 Å². The summed E-state index contributed by atoms with van der Waals surface area (Å²) in [6, 6.07) is 0. The van der Waals surface area contributed by atoms with Gasteiger partial charge in [-0.1, -0.05) is 48.6 Å². The number of hydrogen-bond donors (Lipinski definition) is 2. The predicted octanol–water partition coefficient (Wildman–Crippen LogP) is 2.52. The topological polar surface area (TPSA) is 71.6 Å². The van der Waals surface area contributed by atoms with E-state index in [1.165, 1.54) is 0 Å². The van der Waals surface area contributed by atoms with Crippen LogP contribution in [0.3, 0.4) is 0 Å². The third-order valence-corrected chi connectivity index (χ3v) is 3.95. The molecule has 21 heavy (non-hydrogen) atoms. The van der Waals surface area contributed by atoms with Gasteiger partial charge in [0.1, 0.15) is 0 Å². The number of rotatable bonds is 4. The van der Waals surface area contributed by atoms with Gasteiger partial charge in [0.15, 0.2) is 12.4 Å². The highest BCUT2D eigenvalue weighted by atomic mass is 14.9. The monoisotopic (exact) mass is 280 g/mol. The number of allylic oxidation sites excluding steroid dienone is 4. The van der Waals surface area contributed by atoms with Crippen LogP contribution in [0.5, 0.6) is 0 Å². The van der Waals surface area contributed by atoms with Crippen LogP contribution in [-0.4, -0.2) is 11.1 Å². The summed E-state index contributed by atoms with van der Waals surface area (Å²) in [5.41, 5.74) is -0.725. The minimum Gasteiger partial charge on any atom is -0.311 e. The fraction of sp³-hybridized carbons (Fsp3) is 0.412. The molecule has 0 atom stereocenters. The lowest BCUT2D eigenvalue weighted by molar-refractivity contribution is 0.547. The molecule has 0 heterocycles. The molecule has 2 aliphatic carbocycles. The van der Waals surface area contributed by atoms with Crippen LogP contribution in [-0.2, 0) is 0 Å². The van der Waals surface area contributed by atoms with E-state index in [9.17, 15) is 0 Å². The van der Waals surface area contributed by atoms with Crippen molar-refractivity contribution in [3.05, 3.63) is 48.6 Å². The Morgan fingerprint density at radius 2 is 1.14 bits per heavy atom. The number of nitriles is 2. The van der Waals surface area contributed by atoms with Gasteiger partial charge < -0.3 is 10.6 Å². The second-order valence-corrected chi connectivity index (χ2v) is 6.04. The molecule has 0 fully saturated rings. The average Bonchev–Trinajstić information content (AvgIpc) is 2.45. The largest absolute Gasteiger partial charge is 0.311 e. The molecule has 4 nitrogen and oxygen atoms in total. The molecule has 0 aliphatic heterocycles. The van der Waals surface area contributed by atoms with Crippen molar-refractivity contribution < 1.29 is 0 Å². The second kappa shape index (κ2) is 5.89. The van der Waals surface area contributed by atoms with E-state index in [1.54, 1.807) is 0 Å². The highest BCUT2D eigenvalue weighted by Gasteiger charge is 2.24. The molecular formula is C17H20N4. The van der Waals surface area contributed by atoms with Crippen molar-refractivity contribution in [2.45, 2.75) is 31.3 Å². The molecule has 0 saturated heterocycles. The average molecular weight is 280 g/mol. The van der Waals surface area contributed by atoms with Crippen LogP contribution in [0.15, 0.2) is 48.6 Å². The molecule has 2 N–H and O–H groups in total. The van der Waals surface area contributed by atoms with Gasteiger partial charge in [-0.2, -0.15) is 10.5 Å². The highest BCUT2D eigenvalue weighted by molar-refractivity contribution is 5.29. The van der Waals surface area contributed by atoms with Crippen molar-refractivity contribution in [1.29, 1.82) is 10.5 Å². The summed E-state index contributed by atoms with van der Waals surface area (Å²) in [7, 11) is 0. The Hall–Kier alpha value is -2.46. The molecule has 0 aromatic carbocycles. The summed E-state index contributed by atoms with van der Waals surface area (Å²) < 4.78 is 0. The Balaban J connectivity index is 1.92. The molecule has 0 bridgehead atoms. The Morgan fingerprint density at radius 1 is 0.810 bits per heavy atom. The van der Waals surface area contributed by atoms with Crippen molar-refractivity contribution in [2.75, 3.05) is 0 Å². The van der Waals surface area contributed by atoms with E-state index in [0.29, 0.717) is 11.8 Å². The van der Waals surface area contributed by atoms with E-state index in [4.69, 9.17) is 10.5 Å². The van der Waals surface area contributed by atoms with Crippen LogP contribution < -0.4 is 10.6 Å². The molecule has 0 radical (unpaired) electrons. The van der Waals surface area contributed by atoms with Gasteiger partial charge in [-0.3, -0.25) is 0 Å². The summed E-state index contributed by atoms with van der Waals surface area (Å²) in [5, 5.41) is 23.0. The Labute approximate surface area is 126 Å². The molecule has 2 rings (SSSR count). The minimum absolute atomic E-state index is 0.362. The Bertz CT molecular complexity index is 503. The molecule has 0 amide bonds. The van der Waals surface area contributed by atoms with Gasteiger partial charge in [0.2, 0.25) is 0 Å². The lowest BCUT2D eigenvalue weighted by Crippen LogP contribution is -2.37. The molecule has 108 valence electrons. The van der Waals surface area contributed by atoms with Gasteiger partial charge in [-0.15, -0.1) is 0 Å². The highest BCUT2D eigenvalue weighted by Crippen LogP contribution is 2.27. The van der Waals surface area contributed by atoms with Crippen molar-refractivity contribution in [3.63, 3.8) is 0 Å². The minimum atomic E-state index is -0.362. The third kappa shape index (κ3) is 3.77. The first-order valence-corrected chi connectivity index (χ1v) is 7.09. The van der Waals surface area contributed by atoms with E-state index in [-0.39, 0.29) is 11.1 Å². The first kappa shape index (κ1) is 14.9. The van der Waals surface area contributed by atoms with Gasteiger partial charge in [-0.25, -0.2) is 0 Å². The standard InChI is InChI=1S/C17H20N4/c1-16(20-12-18)7-3-14(4-8-16)11-15-5-9-17(2,10-6-15)21-13-19/h3-10,14-15,20-21H,11H2,1-2H3. The van der Waals surface area contributed by atoms with Crippen molar-refractivity contribution in [1.82, 2.24) is 10.6 Å². The first-order chi connectivity index (χ1) is 9.99. The normalized spacial score (nSPS) is 36.8. The summed E-state index contributed by atoms with van der Waals surface area (Å²) in [6.07, 6.45) is 21.7. The van der Waals surface area contributed by atoms with Crippen LogP contribution >= 0.6 is 0 Å². The summed E-state index contributed by atoms with van der Waals surface area (Å²) in [5.74, 6) is 0.734. The van der Waals surface area contributed by atoms with Crippen LogP contribution in [0.4, 0.5) is 0 Å². The zero-order chi connectivity index (χ0) is 15.3. The van der Waals surface area contributed by atoms with Crippen molar-refractivity contribution >= 4 is 0 Å². The van der Waals surface area contributed by atoms with Gasteiger partial charge in [0.25, 0.3) is 0 Å². The molecular weight excluding hydrogens is 260 g/mol. The van der Waals surface area contributed by atoms with Crippen LogP contribution in [0.25, 0.3) is 0 Å². The molecule has 4 heteroatoms. The first-order valence-electron chi connectivity index (χ1n) is 7.09. The molecule has 2 aliphatic rings. The van der Waals surface area contributed by atoms with Crippen LogP contribution in [0.2, 0.25) is 0 Å². The second-order valence-electron chi connectivity index (χ2n) is 6.04. The Morgan fingerprint density at radius 3 is 1.43 bits per heavy atom. The van der Waals surface area contributed by atoms with Crippen LogP contribution in [0, 0.1) is 34.7 Å².